The van der Waals surface area contributed by atoms with Gasteiger partial charge < -0.3 is 16.2 Å². The highest BCUT2D eigenvalue weighted by molar-refractivity contribution is 6.00. The topological polar surface area (TPSA) is 84.1 Å². The summed E-state index contributed by atoms with van der Waals surface area (Å²) < 4.78 is 0. The first-order valence-corrected chi connectivity index (χ1v) is 9.14. The van der Waals surface area contributed by atoms with Crippen molar-refractivity contribution >= 4 is 27.5 Å². The maximum Gasteiger partial charge on any atom is 0.166 e. The van der Waals surface area contributed by atoms with Crippen molar-refractivity contribution in [1.82, 2.24) is 9.97 Å². The van der Waals surface area contributed by atoms with E-state index in [9.17, 15) is 5.11 Å². The van der Waals surface area contributed by atoms with Gasteiger partial charge in [-0.2, -0.15) is 0 Å². The minimum absolute atomic E-state index is 0.0492. The Bertz CT molecular complexity index is 1110. The summed E-state index contributed by atoms with van der Waals surface area (Å²) in [6.45, 7) is 2.68. The summed E-state index contributed by atoms with van der Waals surface area (Å²) in [6, 6.07) is 19.4. The lowest BCUT2D eigenvalue weighted by atomic mass is 10.0. The second-order valence-corrected chi connectivity index (χ2v) is 6.64. The van der Waals surface area contributed by atoms with E-state index in [1.807, 2.05) is 54.6 Å². The maximum atomic E-state index is 10.6. The number of nitrogens with zero attached hydrogens (tertiary/aromatic N) is 2. The number of anilines is 1. The predicted octanol–water partition coefficient (Wildman–Crippen LogP) is 4.30. The lowest BCUT2D eigenvalue weighted by molar-refractivity contribution is 0.477. The maximum absolute atomic E-state index is 10.6. The number of phenols is 1. The molecule has 4 aromatic rings. The second-order valence-electron chi connectivity index (χ2n) is 6.64. The number of phenolic OH excluding ortho intramolecular Hbond substituents is 1. The van der Waals surface area contributed by atoms with Crippen LogP contribution >= 0.6 is 0 Å². The molecule has 0 spiro atoms. The third-order valence-corrected chi connectivity index (χ3v) is 4.79. The fourth-order valence-corrected chi connectivity index (χ4v) is 3.19. The van der Waals surface area contributed by atoms with Crippen LogP contribution < -0.4 is 11.1 Å². The largest absolute Gasteiger partial charge is 0.507 e. The second kappa shape index (κ2) is 7.21. The molecule has 0 aliphatic heterocycles. The van der Waals surface area contributed by atoms with Crippen molar-refractivity contribution in [3.05, 3.63) is 60.7 Å². The number of benzene rings is 3. The van der Waals surface area contributed by atoms with E-state index in [1.165, 1.54) is 0 Å². The van der Waals surface area contributed by atoms with Gasteiger partial charge in [0, 0.05) is 18.0 Å². The van der Waals surface area contributed by atoms with E-state index in [0.717, 1.165) is 33.9 Å². The summed E-state index contributed by atoms with van der Waals surface area (Å²) in [7, 11) is 0. The van der Waals surface area contributed by atoms with Crippen LogP contribution in [0.2, 0.25) is 0 Å². The molecule has 4 N–H and O–H groups in total. The van der Waals surface area contributed by atoms with Crippen molar-refractivity contribution in [2.24, 2.45) is 5.73 Å². The number of nitrogens with two attached hydrogens (primary N) is 1. The third kappa shape index (κ3) is 3.29. The van der Waals surface area contributed by atoms with E-state index in [0.29, 0.717) is 17.9 Å². The normalized spacial score (nSPS) is 12.4. The van der Waals surface area contributed by atoms with Gasteiger partial charge in [-0.1, -0.05) is 49.4 Å². The molecule has 0 amide bonds. The summed E-state index contributed by atoms with van der Waals surface area (Å²) in [6.07, 6.45) is 0.882. The number of rotatable bonds is 5. The molecule has 0 saturated carbocycles. The number of hydrogen-bond acceptors (Lipinski definition) is 5. The Kier molecular flexibility index (Phi) is 4.60. The molecule has 27 heavy (non-hydrogen) atoms. The van der Waals surface area contributed by atoms with Crippen molar-refractivity contribution in [1.29, 1.82) is 0 Å². The number of aromatic nitrogens is 2. The van der Waals surface area contributed by atoms with E-state index in [4.69, 9.17) is 15.7 Å². The lowest BCUT2D eigenvalue weighted by Crippen LogP contribution is -2.28. The molecular weight excluding hydrogens is 336 g/mol. The van der Waals surface area contributed by atoms with Crippen molar-refractivity contribution in [3.63, 3.8) is 0 Å². The van der Waals surface area contributed by atoms with Gasteiger partial charge in [-0.05, 0) is 35.4 Å². The molecule has 5 nitrogen and oxygen atoms in total. The number of para-hydroxylation sites is 1. The van der Waals surface area contributed by atoms with Crippen molar-refractivity contribution < 1.29 is 5.11 Å². The van der Waals surface area contributed by atoms with Gasteiger partial charge in [0.2, 0.25) is 0 Å². The molecule has 0 bridgehead atoms. The Labute approximate surface area is 157 Å². The Morgan fingerprint density at radius 2 is 1.70 bits per heavy atom. The van der Waals surface area contributed by atoms with Gasteiger partial charge in [-0.15, -0.1) is 0 Å². The minimum Gasteiger partial charge on any atom is -0.507 e. The van der Waals surface area contributed by atoms with Crippen LogP contribution in [-0.2, 0) is 0 Å². The monoisotopic (exact) mass is 358 g/mol. The zero-order valence-corrected chi connectivity index (χ0v) is 15.2. The Morgan fingerprint density at radius 3 is 2.52 bits per heavy atom. The smallest absolute Gasteiger partial charge is 0.166 e. The summed E-state index contributed by atoms with van der Waals surface area (Å²) in [4.78, 5) is 9.47. The molecule has 1 heterocycles. The molecule has 1 unspecified atom stereocenters. The van der Waals surface area contributed by atoms with Crippen LogP contribution in [0.5, 0.6) is 5.75 Å². The molecular formula is C22H22N4O. The van der Waals surface area contributed by atoms with Crippen molar-refractivity contribution in [2.75, 3.05) is 11.9 Å². The average molecular weight is 358 g/mol. The van der Waals surface area contributed by atoms with Crippen LogP contribution in [0, 0.1) is 0 Å². The van der Waals surface area contributed by atoms with Gasteiger partial charge in [0.15, 0.2) is 5.82 Å². The number of hydrogen-bond donors (Lipinski definition) is 3. The number of nitrogens with one attached hydrogen (secondary N) is 1. The van der Waals surface area contributed by atoms with Gasteiger partial charge in [0.25, 0.3) is 0 Å². The molecule has 5 heteroatoms. The zero-order valence-electron chi connectivity index (χ0n) is 15.2. The molecule has 1 atom stereocenters. The zero-order chi connectivity index (χ0) is 18.8. The van der Waals surface area contributed by atoms with Crippen LogP contribution in [0.25, 0.3) is 33.1 Å². The minimum atomic E-state index is 0.0492. The standard InChI is InChI=1S/C22H22N4O/c1-2-15(23)13-24-21-17-9-5-6-10-18(17)25-22(26-21)20-16-8-4-3-7-14(16)11-12-19(20)27/h3-12,15,27H,2,13,23H2,1H3,(H,24,25,26). The molecule has 136 valence electrons. The Hall–Kier alpha value is -3.18. The van der Waals surface area contributed by atoms with E-state index < -0.39 is 0 Å². The van der Waals surface area contributed by atoms with Gasteiger partial charge in [0.1, 0.15) is 11.6 Å². The average Bonchev–Trinajstić information content (AvgIpc) is 2.71. The SMILES string of the molecule is CCC(N)CNc1nc(-c2c(O)ccc3ccccc23)nc2ccccc12. The molecule has 0 aliphatic carbocycles. The fraction of sp³-hybridized carbons (Fsp3) is 0.182. The molecule has 4 rings (SSSR count). The number of aromatic hydroxyl groups is 1. The van der Waals surface area contributed by atoms with E-state index in [2.05, 4.69) is 12.2 Å². The first kappa shape index (κ1) is 17.2. The van der Waals surface area contributed by atoms with Gasteiger partial charge in [0.05, 0.1) is 11.1 Å². The van der Waals surface area contributed by atoms with Gasteiger partial charge >= 0.3 is 0 Å². The molecule has 3 aromatic carbocycles. The van der Waals surface area contributed by atoms with Crippen LogP contribution in [0.1, 0.15) is 13.3 Å². The first-order valence-electron chi connectivity index (χ1n) is 9.14. The third-order valence-electron chi connectivity index (χ3n) is 4.79. The van der Waals surface area contributed by atoms with Crippen LogP contribution in [-0.4, -0.2) is 27.7 Å². The van der Waals surface area contributed by atoms with E-state index in [-0.39, 0.29) is 11.8 Å². The number of fused-ring (bicyclic) bond motifs is 2. The van der Waals surface area contributed by atoms with Crippen LogP contribution in [0.15, 0.2) is 60.7 Å². The van der Waals surface area contributed by atoms with Crippen LogP contribution in [0.4, 0.5) is 5.82 Å². The molecule has 0 aliphatic rings. The summed E-state index contributed by atoms with van der Waals surface area (Å²) >= 11 is 0. The molecule has 0 fully saturated rings. The lowest BCUT2D eigenvalue weighted by Gasteiger charge is -2.15. The highest BCUT2D eigenvalue weighted by Crippen LogP contribution is 2.36. The fourth-order valence-electron chi connectivity index (χ4n) is 3.19. The first-order chi connectivity index (χ1) is 13.2. The molecule has 0 saturated heterocycles. The van der Waals surface area contributed by atoms with E-state index in [1.54, 1.807) is 6.07 Å². The summed E-state index contributed by atoms with van der Waals surface area (Å²) in [5.41, 5.74) is 7.53. The Morgan fingerprint density at radius 1 is 0.963 bits per heavy atom. The quantitative estimate of drug-likeness (QED) is 0.495. The van der Waals surface area contributed by atoms with Gasteiger partial charge in [-0.3, -0.25) is 0 Å². The van der Waals surface area contributed by atoms with Crippen LogP contribution in [0.3, 0.4) is 0 Å². The summed E-state index contributed by atoms with van der Waals surface area (Å²) in [5, 5.41) is 16.8. The highest BCUT2D eigenvalue weighted by Gasteiger charge is 2.15. The predicted molar refractivity (Wildman–Crippen MR) is 111 cm³/mol. The summed E-state index contributed by atoms with van der Waals surface area (Å²) in [5.74, 6) is 1.39. The molecule has 0 radical (unpaired) electrons. The van der Waals surface area contributed by atoms with Gasteiger partial charge in [-0.25, -0.2) is 9.97 Å². The Balaban J connectivity index is 1.92. The van der Waals surface area contributed by atoms with E-state index >= 15 is 0 Å². The van der Waals surface area contributed by atoms with Crippen molar-refractivity contribution in [2.45, 2.75) is 19.4 Å². The van der Waals surface area contributed by atoms with Crippen molar-refractivity contribution in [3.8, 4) is 17.1 Å². The highest BCUT2D eigenvalue weighted by atomic mass is 16.3. The molecule has 1 aromatic heterocycles.